The van der Waals surface area contributed by atoms with Crippen molar-refractivity contribution in [3.63, 3.8) is 0 Å². The summed E-state index contributed by atoms with van der Waals surface area (Å²) in [6.07, 6.45) is 21.4. The number of methoxy groups -OCH3 is 1. The van der Waals surface area contributed by atoms with Crippen molar-refractivity contribution >= 4 is 24.5 Å². The maximum absolute atomic E-state index is 13.5. The van der Waals surface area contributed by atoms with Crippen molar-refractivity contribution in [1.82, 2.24) is 0 Å². The molecule has 4 rings (SSSR count). The first kappa shape index (κ1) is 44.7. The molecule has 1 saturated heterocycles. The van der Waals surface area contributed by atoms with Crippen molar-refractivity contribution < 1.29 is 28.2 Å². The van der Waals surface area contributed by atoms with Crippen LogP contribution in [-0.4, -0.2) is 46.8 Å². The molecule has 7 heteroatoms. The number of carbonyl (C=O) groups is 1. The molecule has 56 heavy (non-hydrogen) atoms. The number of allylic oxidation sites excluding steroid dienone is 5. The monoisotopic (exact) mass is 778 g/mol. The van der Waals surface area contributed by atoms with Crippen LogP contribution in [0.15, 0.2) is 133 Å². The van der Waals surface area contributed by atoms with Gasteiger partial charge in [-0.25, -0.2) is 0 Å². The molecule has 3 aromatic carbocycles. The van der Waals surface area contributed by atoms with Gasteiger partial charge in [-0.1, -0.05) is 144 Å². The van der Waals surface area contributed by atoms with Crippen LogP contribution in [0.25, 0.3) is 0 Å². The van der Waals surface area contributed by atoms with Crippen molar-refractivity contribution in [1.29, 1.82) is 0 Å². The highest BCUT2D eigenvalue weighted by Gasteiger charge is 2.50. The highest BCUT2D eigenvalue weighted by Crippen LogP contribution is 2.41. The van der Waals surface area contributed by atoms with E-state index in [0.29, 0.717) is 45.7 Å². The lowest BCUT2D eigenvalue weighted by Gasteiger charge is -2.44. The van der Waals surface area contributed by atoms with Crippen molar-refractivity contribution in [3.05, 3.63) is 139 Å². The number of hydrogen-bond donors (Lipinski definition) is 0. The van der Waals surface area contributed by atoms with Gasteiger partial charge >= 0.3 is 0 Å². The Morgan fingerprint density at radius 3 is 1.96 bits per heavy atom. The Balaban J connectivity index is 1.47. The minimum Gasteiger partial charge on any atom is -0.497 e. The van der Waals surface area contributed by atoms with Gasteiger partial charge < -0.3 is 23.4 Å². The lowest BCUT2D eigenvalue weighted by atomic mass is 9.76. The smallest absolute Gasteiger partial charge is 0.261 e. The summed E-state index contributed by atoms with van der Waals surface area (Å²) in [5, 5.41) is 2.39. The second kappa shape index (κ2) is 22.1. The van der Waals surface area contributed by atoms with Crippen molar-refractivity contribution in [3.8, 4) is 5.75 Å². The Hall–Kier alpha value is -4.01. The molecule has 1 aliphatic heterocycles. The standard InChI is InChI=1S/C49H66O6Si/c1-8-9-10-11-12-13-14-17-24-42(38-52-37-41-30-32-44(51-7)33-31-41)49(39-53-48(5,6)54-40-49)35-34-43(50)25-22-23-36-55-56(47(2,3)4,45-26-18-15-19-27-45)46-28-20-16-21-29-46/h11-12,15-22,24-33,38H,8-10,13-14,23,34-37,39-40H2,1-7H3/b12-11+,24-17+,25-22+,42-38-. The van der Waals surface area contributed by atoms with Gasteiger partial charge in [0.2, 0.25) is 0 Å². The molecular weight excluding hydrogens is 713 g/mol. The van der Waals surface area contributed by atoms with Gasteiger partial charge in [0, 0.05) is 18.4 Å². The van der Waals surface area contributed by atoms with Gasteiger partial charge in [0.1, 0.15) is 12.4 Å². The predicted octanol–water partition coefficient (Wildman–Crippen LogP) is 10.8. The maximum atomic E-state index is 13.5. The van der Waals surface area contributed by atoms with Crippen molar-refractivity contribution in [2.75, 3.05) is 26.9 Å². The molecule has 6 nitrogen and oxygen atoms in total. The molecule has 0 aromatic heterocycles. The third kappa shape index (κ3) is 13.0. The molecule has 0 spiro atoms. The fraction of sp³-hybridized carbons (Fsp3) is 0.449. The van der Waals surface area contributed by atoms with Crippen LogP contribution >= 0.6 is 0 Å². The van der Waals surface area contributed by atoms with Crippen LogP contribution < -0.4 is 15.1 Å². The van der Waals surface area contributed by atoms with E-state index in [0.717, 1.165) is 36.1 Å². The summed E-state index contributed by atoms with van der Waals surface area (Å²) < 4.78 is 31.2. The Bertz CT molecular complexity index is 1670. The van der Waals surface area contributed by atoms with Gasteiger partial charge in [-0.3, -0.25) is 4.79 Å². The summed E-state index contributed by atoms with van der Waals surface area (Å²) in [7, 11) is -0.979. The summed E-state index contributed by atoms with van der Waals surface area (Å²) >= 11 is 0. The number of ether oxygens (including phenoxy) is 4. The quantitative estimate of drug-likeness (QED) is 0.0253. The minimum absolute atomic E-state index is 0.0688. The van der Waals surface area contributed by atoms with Crippen LogP contribution in [-0.2, 0) is 30.0 Å². The van der Waals surface area contributed by atoms with Gasteiger partial charge in [0.25, 0.3) is 8.32 Å². The average molecular weight is 779 g/mol. The van der Waals surface area contributed by atoms with Crippen molar-refractivity contribution in [2.45, 2.75) is 110 Å². The number of ketones is 1. The number of benzene rings is 3. The molecule has 302 valence electrons. The molecule has 0 radical (unpaired) electrons. The SMILES string of the molecule is CCCC/C=C/CC/C=C/C(=C/OCc1ccc(OC)cc1)C1(CCC(=O)/C=C/CCO[Si](c2ccccc2)(c2ccccc2)C(C)(C)C)COC(C)(C)OC1. The number of rotatable bonds is 22. The Labute approximate surface area is 338 Å². The Morgan fingerprint density at radius 2 is 1.38 bits per heavy atom. The summed E-state index contributed by atoms with van der Waals surface area (Å²) in [4.78, 5) is 13.5. The molecule has 1 heterocycles. The lowest BCUT2D eigenvalue weighted by Crippen LogP contribution is -2.66. The first-order valence-electron chi connectivity index (χ1n) is 20.4. The fourth-order valence-electron chi connectivity index (χ4n) is 7.12. The first-order valence-corrected chi connectivity index (χ1v) is 22.3. The fourth-order valence-corrected chi connectivity index (χ4v) is 11.7. The summed E-state index contributed by atoms with van der Waals surface area (Å²) in [6.45, 7) is 14.7. The molecule has 0 N–H and O–H groups in total. The number of unbranched alkanes of at least 4 members (excludes halogenated alkanes) is 3. The predicted molar refractivity (Wildman–Crippen MR) is 233 cm³/mol. The second-order valence-electron chi connectivity index (χ2n) is 16.3. The average Bonchev–Trinajstić information content (AvgIpc) is 3.20. The van der Waals surface area contributed by atoms with E-state index in [9.17, 15) is 4.79 Å². The number of carbonyl (C=O) groups excluding carboxylic acids is 1. The van der Waals surface area contributed by atoms with Crippen LogP contribution in [0.5, 0.6) is 5.75 Å². The third-order valence-corrected chi connectivity index (χ3v) is 15.5. The van der Waals surface area contributed by atoms with Gasteiger partial charge in [0.05, 0.1) is 26.6 Å². The molecule has 0 aliphatic carbocycles. The summed E-state index contributed by atoms with van der Waals surface area (Å²) in [5.74, 6) is 0.167. The van der Waals surface area contributed by atoms with Crippen LogP contribution in [0.1, 0.15) is 98.5 Å². The van der Waals surface area contributed by atoms with E-state index in [1.54, 1.807) is 13.2 Å². The van der Waals surface area contributed by atoms with Crippen LogP contribution in [0.2, 0.25) is 5.04 Å². The highest BCUT2D eigenvalue weighted by atomic mass is 28.4. The third-order valence-electron chi connectivity index (χ3n) is 10.5. The van der Waals surface area contributed by atoms with E-state index in [-0.39, 0.29) is 10.8 Å². The van der Waals surface area contributed by atoms with E-state index in [1.165, 1.54) is 23.2 Å². The van der Waals surface area contributed by atoms with E-state index in [4.69, 9.17) is 23.4 Å². The molecule has 0 saturated carbocycles. The minimum atomic E-state index is -2.64. The Morgan fingerprint density at radius 1 is 0.786 bits per heavy atom. The van der Waals surface area contributed by atoms with E-state index >= 15 is 0 Å². The van der Waals surface area contributed by atoms with E-state index in [2.05, 4.69) is 113 Å². The normalized spacial score (nSPS) is 16.2. The van der Waals surface area contributed by atoms with Crippen LogP contribution in [0, 0.1) is 5.41 Å². The molecule has 3 aromatic rings. The van der Waals surface area contributed by atoms with E-state index < -0.39 is 19.5 Å². The number of hydrogen-bond acceptors (Lipinski definition) is 6. The first-order chi connectivity index (χ1) is 26.9. The molecule has 1 fully saturated rings. The molecule has 0 unspecified atom stereocenters. The maximum Gasteiger partial charge on any atom is 0.261 e. The van der Waals surface area contributed by atoms with Crippen LogP contribution in [0.3, 0.4) is 0 Å². The van der Waals surface area contributed by atoms with Gasteiger partial charge in [-0.15, -0.1) is 0 Å². The van der Waals surface area contributed by atoms with Gasteiger partial charge in [-0.05, 0) is 90.7 Å². The second-order valence-corrected chi connectivity index (χ2v) is 20.6. The lowest BCUT2D eigenvalue weighted by molar-refractivity contribution is -0.279. The Kier molecular flexibility index (Phi) is 17.6. The topological polar surface area (TPSA) is 63.2 Å². The summed E-state index contributed by atoms with van der Waals surface area (Å²) in [5.41, 5.74) is 1.44. The molecule has 0 bridgehead atoms. The molecule has 0 atom stereocenters. The molecule has 0 amide bonds. The van der Waals surface area contributed by atoms with Crippen molar-refractivity contribution in [2.24, 2.45) is 5.41 Å². The largest absolute Gasteiger partial charge is 0.497 e. The zero-order chi connectivity index (χ0) is 40.3. The zero-order valence-electron chi connectivity index (χ0n) is 35.1. The van der Waals surface area contributed by atoms with E-state index in [1.807, 2.05) is 50.5 Å². The van der Waals surface area contributed by atoms with Gasteiger partial charge in [-0.2, -0.15) is 0 Å². The highest BCUT2D eigenvalue weighted by molar-refractivity contribution is 6.99. The van der Waals surface area contributed by atoms with Gasteiger partial charge in [0.15, 0.2) is 11.6 Å². The zero-order valence-corrected chi connectivity index (χ0v) is 36.1. The molecule has 1 aliphatic rings. The van der Waals surface area contributed by atoms with Crippen LogP contribution in [0.4, 0.5) is 0 Å². The summed E-state index contributed by atoms with van der Waals surface area (Å²) in [6, 6.07) is 29.2. The molecular formula is C49H66O6Si.